The van der Waals surface area contributed by atoms with Crippen molar-refractivity contribution in [3.63, 3.8) is 0 Å². The number of aliphatic hydroxyl groups excluding tert-OH is 1. The second kappa shape index (κ2) is 41.8. The fourth-order valence-electron chi connectivity index (χ4n) is 6.52. The second-order valence-corrected chi connectivity index (χ2v) is 16.0. The smallest absolute Gasteiger partial charge is 0.395 e. The van der Waals surface area contributed by atoms with Gasteiger partial charge in [0.1, 0.15) is 0 Å². The summed E-state index contributed by atoms with van der Waals surface area (Å²) in [6.07, 6.45) is 44.2. The van der Waals surface area contributed by atoms with Crippen LogP contribution in [0.25, 0.3) is 0 Å². The highest BCUT2D eigenvalue weighted by atomic mass is 32.3. The average molecular weight is 768 g/mol. The third-order valence-corrected chi connectivity index (χ3v) is 10.3. The molecule has 0 aliphatic carbocycles. The van der Waals surface area contributed by atoms with E-state index in [-0.39, 0.29) is 6.61 Å². The van der Waals surface area contributed by atoms with E-state index in [9.17, 15) is 13.5 Å². The van der Waals surface area contributed by atoms with E-state index in [2.05, 4.69) is 23.1 Å². The Labute approximate surface area is 323 Å². The molecular weight excluding hydrogens is 679 g/mol. The van der Waals surface area contributed by atoms with Crippen LogP contribution in [0.15, 0.2) is 0 Å². The first-order valence-corrected chi connectivity index (χ1v) is 23.3. The Balaban J connectivity index is 0. The topological polar surface area (TPSA) is 115 Å². The Morgan fingerprint density at radius 1 is 0.500 bits per heavy atom. The van der Waals surface area contributed by atoms with Gasteiger partial charge in [-0.2, -0.15) is 8.42 Å². The van der Waals surface area contributed by atoms with Crippen molar-refractivity contribution >= 4 is 10.4 Å². The summed E-state index contributed by atoms with van der Waals surface area (Å²) >= 11 is 0. The number of unbranched alkanes of at least 4 members (excludes halogenated alkanes) is 30. The predicted molar refractivity (Wildman–Crippen MR) is 219 cm³/mol. The molecule has 0 fully saturated rings. The molecule has 0 bridgehead atoms. The average Bonchev–Trinajstić information content (AvgIpc) is 3.10. The maximum absolute atomic E-state index is 9.49. The zero-order valence-electron chi connectivity index (χ0n) is 35.2. The number of ether oxygens (including phenoxy) is 2. The normalized spacial score (nSPS) is 12.1. The lowest BCUT2D eigenvalue weighted by molar-refractivity contribution is -0.303. The Morgan fingerprint density at radius 2 is 0.750 bits per heavy atom. The van der Waals surface area contributed by atoms with Crippen LogP contribution in [0.5, 0.6) is 0 Å². The summed E-state index contributed by atoms with van der Waals surface area (Å²) in [5, 5.41) is 9.49. The van der Waals surface area contributed by atoms with Crippen LogP contribution in [0.1, 0.15) is 226 Å². The highest BCUT2D eigenvalue weighted by Gasteiger charge is 2.30. The van der Waals surface area contributed by atoms with E-state index in [0.29, 0.717) is 6.54 Å². The zero-order chi connectivity index (χ0) is 38.9. The molecule has 0 aromatic rings. The van der Waals surface area contributed by atoms with Crippen LogP contribution < -0.4 is 0 Å². The van der Waals surface area contributed by atoms with Crippen molar-refractivity contribution in [1.29, 1.82) is 0 Å². The van der Waals surface area contributed by atoms with Gasteiger partial charge in [-0.3, -0.25) is 9.45 Å². The maximum Gasteiger partial charge on any atom is 0.424 e. The lowest BCUT2D eigenvalue weighted by Gasteiger charge is -2.38. The van der Waals surface area contributed by atoms with Crippen molar-refractivity contribution in [1.82, 2.24) is 4.90 Å². The standard InChI is InChI=1S/C41H85NO3.CH4O5S/c1-5-7-9-11-13-15-17-19-21-23-25-27-29-31-33-35-39-44-41(3,42(4)37-38-43)45-40-36-34-32-30-28-26-24-22-20-18-16-14-12-10-8-6-2;1-5-6-7(2,3)4/h43H,5-40H2,1-4H3;1H3,(H,2,3,4). The molecule has 316 valence electrons. The third-order valence-electron chi connectivity index (χ3n) is 10.0. The Kier molecular flexibility index (Phi) is 43.3. The molecule has 0 atom stereocenters. The quantitative estimate of drug-likeness (QED) is 0.0206. The molecule has 9 nitrogen and oxygen atoms in total. The van der Waals surface area contributed by atoms with Crippen LogP contribution in [0, 0.1) is 0 Å². The monoisotopic (exact) mass is 768 g/mol. The molecule has 0 spiro atoms. The molecule has 0 unspecified atom stereocenters. The SMILES string of the molecule is CCCCCCCCCCCCCCCCCCOC(C)(OCCCCCCCCCCCCCCCCCC)N(C)CCO.COOS(=O)(=O)O. The van der Waals surface area contributed by atoms with E-state index < -0.39 is 16.3 Å². The van der Waals surface area contributed by atoms with Crippen molar-refractivity contribution in [3.8, 4) is 0 Å². The van der Waals surface area contributed by atoms with Gasteiger partial charge in [0.2, 0.25) is 5.91 Å². The van der Waals surface area contributed by atoms with E-state index >= 15 is 0 Å². The molecule has 0 saturated carbocycles. The fourth-order valence-corrected chi connectivity index (χ4v) is 6.70. The van der Waals surface area contributed by atoms with Gasteiger partial charge < -0.3 is 14.6 Å². The first kappa shape index (κ1) is 53.8. The van der Waals surface area contributed by atoms with Crippen molar-refractivity contribution in [2.75, 3.05) is 40.5 Å². The van der Waals surface area contributed by atoms with Crippen LogP contribution in [0.2, 0.25) is 0 Å². The summed E-state index contributed by atoms with van der Waals surface area (Å²) in [4.78, 5) is 5.59. The highest BCUT2D eigenvalue weighted by Crippen LogP contribution is 2.20. The van der Waals surface area contributed by atoms with Crippen molar-refractivity contribution in [3.05, 3.63) is 0 Å². The van der Waals surface area contributed by atoms with Crippen LogP contribution in [-0.4, -0.2) is 69.4 Å². The summed E-state index contributed by atoms with van der Waals surface area (Å²) in [7, 11) is -1.43. The summed E-state index contributed by atoms with van der Waals surface area (Å²) < 4.78 is 42.3. The van der Waals surface area contributed by atoms with Crippen LogP contribution in [0.4, 0.5) is 0 Å². The van der Waals surface area contributed by atoms with Crippen molar-refractivity contribution < 1.29 is 36.8 Å². The van der Waals surface area contributed by atoms with Gasteiger partial charge >= 0.3 is 10.4 Å². The van der Waals surface area contributed by atoms with Gasteiger partial charge in [0.25, 0.3) is 0 Å². The second-order valence-electron chi connectivity index (χ2n) is 15.0. The molecule has 10 heteroatoms. The predicted octanol–water partition coefficient (Wildman–Crippen LogP) is 12.5. The number of hydrogen-bond acceptors (Lipinski definition) is 8. The first-order valence-electron chi connectivity index (χ1n) is 22.0. The number of likely N-dealkylation sites (N-methyl/N-ethyl adjacent to an activating group) is 1. The molecule has 0 amide bonds. The molecule has 0 aliphatic rings. The Hall–Kier alpha value is -0.330. The van der Waals surface area contributed by atoms with Gasteiger partial charge in [0, 0.05) is 13.5 Å². The van der Waals surface area contributed by atoms with E-state index in [1.807, 2.05) is 18.9 Å². The minimum absolute atomic E-state index is 0.122. The van der Waals surface area contributed by atoms with E-state index in [0.717, 1.165) is 33.2 Å². The molecule has 0 saturated heterocycles. The summed E-state index contributed by atoms with van der Waals surface area (Å²) in [5.74, 6) is -0.742. The molecule has 0 aliphatic heterocycles. The minimum atomic E-state index is -4.40. The maximum atomic E-state index is 9.49. The fraction of sp³-hybridized carbons (Fsp3) is 1.00. The third kappa shape index (κ3) is 42.4. The molecule has 0 radical (unpaired) electrons. The van der Waals surface area contributed by atoms with Crippen LogP contribution in [0.3, 0.4) is 0 Å². The number of nitrogens with zero attached hydrogens (tertiary/aromatic N) is 1. The lowest BCUT2D eigenvalue weighted by Crippen LogP contribution is -2.50. The highest BCUT2D eigenvalue weighted by molar-refractivity contribution is 7.80. The van der Waals surface area contributed by atoms with E-state index in [1.165, 1.54) is 193 Å². The zero-order valence-corrected chi connectivity index (χ0v) is 36.0. The van der Waals surface area contributed by atoms with Gasteiger partial charge in [0.05, 0.1) is 26.9 Å². The summed E-state index contributed by atoms with van der Waals surface area (Å²) in [6.45, 7) is 8.76. The van der Waals surface area contributed by atoms with Crippen molar-refractivity contribution in [2.24, 2.45) is 0 Å². The number of aliphatic hydroxyl groups is 1. The number of hydrogen-bond donors (Lipinski definition) is 2. The van der Waals surface area contributed by atoms with E-state index in [1.54, 1.807) is 0 Å². The molecule has 52 heavy (non-hydrogen) atoms. The van der Waals surface area contributed by atoms with Gasteiger partial charge in [-0.25, -0.2) is 4.89 Å². The van der Waals surface area contributed by atoms with Crippen LogP contribution in [-0.2, 0) is 29.1 Å². The molecule has 2 N–H and O–H groups in total. The molecule has 0 aromatic carbocycles. The molecule has 0 aromatic heterocycles. The minimum Gasteiger partial charge on any atom is -0.395 e. The first-order chi connectivity index (χ1) is 25.2. The van der Waals surface area contributed by atoms with Crippen LogP contribution >= 0.6 is 0 Å². The summed E-state index contributed by atoms with van der Waals surface area (Å²) in [5.41, 5.74) is 0. The largest absolute Gasteiger partial charge is 0.424 e. The molecular formula is C42H89NO8S. The summed E-state index contributed by atoms with van der Waals surface area (Å²) in [6, 6.07) is 0. The van der Waals surface area contributed by atoms with Gasteiger partial charge in [-0.05, 0) is 19.9 Å². The van der Waals surface area contributed by atoms with E-state index in [4.69, 9.17) is 14.0 Å². The van der Waals surface area contributed by atoms with Gasteiger partial charge in [0.15, 0.2) is 0 Å². The Morgan fingerprint density at radius 3 is 0.942 bits per heavy atom. The van der Waals surface area contributed by atoms with Crippen molar-refractivity contribution in [2.45, 2.75) is 232 Å². The molecule has 0 heterocycles. The lowest BCUT2D eigenvalue weighted by atomic mass is 10.0. The molecule has 0 rings (SSSR count). The van der Waals surface area contributed by atoms with Gasteiger partial charge in [-0.1, -0.05) is 211 Å². The Bertz CT molecular complexity index is 748. The number of rotatable bonds is 41. The van der Waals surface area contributed by atoms with Gasteiger partial charge in [-0.15, -0.1) is 0 Å².